The first-order valence-electron chi connectivity index (χ1n) is 5.92. The Morgan fingerprint density at radius 1 is 1.33 bits per heavy atom. The summed E-state index contributed by atoms with van der Waals surface area (Å²) in [5.41, 5.74) is 5.24. The molecule has 0 unspecified atom stereocenters. The third kappa shape index (κ3) is 5.03. The van der Waals surface area contributed by atoms with Gasteiger partial charge in [-0.05, 0) is 42.7 Å². The van der Waals surface area contributed by atoms with Crippen LogP contribution in [0.5, 0.6) is 0 Å². The number of hydrogen-bond donors (Lipinski definition) is 3. The molecule has 21 heavy (non-hydrogen) atoms. The van der Waals surface area contributed by atoms with Crippen LogP contribution in [0.15, 0.2) is 29.2 Å². The molecule has 1 atom stereocenters. The molecule has 1 aromatic carbocycles. The third-order valence-corrected chi connectivity index (χ3v) is 4.79. The molecule has 7 nitrogen and oxygen atoms in total. The normalized spacial score (nSPS) is 12.8. The molecule has 0 aliphatic carbocycles. The van der Waals surface area contributed by atoms with Crippen molar-refractivity contribution < 1.29 is 23.1 Å². The van der Waals surface area contributed by atoms with Crippen molar-refractivity contribution in [2.75, 3.05) is 12.0 Å². The van der Waals surface area contributed by atoms with Crippen molar-refractivity contribution in [3.8, 4) is 0 Å². The number of thioether (sulfide) groups is 1. The van der Waals surface area contributed by atoms with Gasteiger partial charge in [0.05, 0.1) is 4.90 Å². The predicted molar refractivity (Wildman–Crippen MR) is 79.7 cm³/mol. The van der Waals surface area contributed by atoms with Gasteiger partial charge in [-0.3, -0.25) is 9.59 Å². The maximum Gasteiger partial charge on any atom is 0.321 e. The van der Waals surface area contributed by atoms with Crippen LogP contribution in [-0.4, -0.2) is 43.5 Å². The van der Waals surface area contributed by atoms with Crippen LogP contribution < -0.4 is 10.5 Å². The number of nitrogens with one attached hydrogen (secondary N) is 1. The number of benzene rings is 1. The highest BCUT2D eigenvalue weighted by atomic mass is 32.2. The molecule has 4 N–H and O–H groups in total. The van der Waals surface area contributed by atoms with Crippen LogP contribution in [0.2, 0.25) is 0 Å². The maximum atomic E-state index is 12.1. The Kier molecular flexibility index (Phi) is 6.19. The molecule has 0 heterocycles. The van der Waals surface area contributed by atoms with E-state index >= 15 is 0 Å². The standard InChI is InChI=1S/C12H16N2O5S2/c1-20-7-6-10(12(16)17)14-21(18,19)9-4-2-8(3-5-9)11(13)15/h2-5,10,14H,6-7H2,1H3,(H2,13,15)(H,16,17)/t10-/m1/s1. The summed E-state index contributed by atoms with van der Waals surface area (Å²) in [6.45, 7) is 0. The Labute approximate surface area is 127 Å². The van der Waals surface area contributed by atoms with Crippen molar-refractivity contribution in [2.45, 2.75) is 17.4 Å². The first kappa shape index (κ1) is 17.5. The maximum absolute atomic E-state index is 12.1. The largest absolute Gasteiger partial charge is 0.480 e. The summed E-state index contributed by atoms with van der Waals surface area (Å²) in [7, 11) is -3.97. The second kappa shape index (κ2) is 7.43. The molecule has 1 rings (SSSR count). The average Bonchev–Trinajstić information content (AvgIpc) is 2.43. The van der Waals surface area contributed by atoms with E-state index in [0.717, 1.165) is 0 Å². The summed E-state index contributed by atoms with van der Waals surface area (Å²) in [6.07, 6.45) is 1.98. The average molecular weight is 332 g/mol. The van der Waals surface area contributed by atoms with Gasteiger partial charge in [0, 0.05) is 5.56 Å². The fourth-order valence-corrected chi connectivity index (χ4v) is 3.22. The van der Waals surface area contributed by atoms with Crippen LogP contribution in [0, 0.1) is 0 Å². The second-order valence-corrected chi connectivity index (χ2v) is 6.88. The van der Waals surface area contributed by atoms with Gasteiger partial charge in [0.25, 0.3) is 0 Å². The highest BCUT2D eigenvalue weighted by Gasteiger charge is 2.25. The van der Waals surface area contributed by atoms with E-state index < -0.39 is 27.9 Å². The minimum atomic E-state index is -3.97. The fourth-order valence-electron chi connectivity index (χ4n) is 1.52. The quantitative estimate of drug-likeness (QED) is 0.627. The lowest BCUT2D eigenvalue weighted by Gasteiger charge is -2.14. The topological polar surface area (TPSA) is 127 Å². The van der Waals surface area contributed by atoms with E-state index in [1.165, 1.54) is 36.0 Å². The van der Waals surface area contributed by atoms with Crippen LogP contribution >= 0.6 is 11.8 Å². The summed E-state index contributed by atoms with van der Waals surface area (Å²) in [5.74, 6) is -1.39. The zero-order valence-corrected chi connectivity index (χ0v) is 12.9. The molecular weight excluding hydrogens is 316 g/mol. The molecule has 1 amide bonds. The number of carbonyl (C=O) groups excluding carboxylic acids is 1. The molecular formula is C12H16N2O5S2. The number of sulfonamides is 1. The van der Waals surface area contributed by atoms with E-state index in [1.54, 1.807) is 6.26 Å². The second-order valence-electron chi connectivity index (χ2n) is 4.18. The summed E-state index contributed by atoms with van der Waals surface area (Å²) >= 11 is 1.42. The summed E-state index contributed by atoms with van der Waals surface area (Å²) in [6, 6.07) is 3.76. The summed E-state index contributed by atoms with van der Waals surface area (Å²) < 4.78 is 26.3. The summed E-state index contributed by atoms with van der Waals surface area (Å²) in [5, 5.41) is 9.03. The highest BCUT2D eigenvalue weighted by Crippen LogP contribution is 2.12. The lowest BCUT2D eigenvalue weighted by Crippen LogP contribution is -2.41. The number of carbonyl (C=O) groups is 2. The molecule has 0 spiro atoms. The number of carboxylic acid groups (broad SMARTS) is 1. The van der Waals surface area contributed by atoms with Crippen molar-refractivity contribution in [3.63, 3.8) is 0 Å². The van der Waals surface area contributed by atoms with Gasteiger partial charge in [-0.2, -0.15) is 16.5 Å². The minimum Gasteiger partial charge on any atom is -0.480 e. The number of carboxylic acids is 1. The molecule has 9 heteroatoms. The Bertz CT molecular complexity index is 613. The monoisotopic (exact) mass is 332 g/mol. The highest BCUT2D eigenvalue weighted by molar-refractivity contribution is 7.98. The van der Waals surface area contributed by atoms with E-state index in [4.69, 9.17) is 10.8 Å². The van der Waals surface area contributed by atoms with Crippen LogP contribution in [-0.2, 0) is 14.8 Å². The van der Waals surface area contributed by atoms with Crippen LogP contribution in [0.3, 0.4) is 0 Å². The van der Waals surface area contributed by atoms with Gasteiger partial charge in [0.2, 0.25) is 15.9 Å². The molecule has 0 aromatic heterocycles. The molecule has 0 saturated carbocycles. The minimum absolute atomic E-state index is 0.122. The summed E-state index contributed by atoms with van der Waals surface area (Å²) in [4.78, 5) is 21.9. The number of rotatable bonds is 8. The SMILES string of the molecule is CSCC[C@@H](NS(=O)(=O)c1ccc(C(N)=O)cc1)C(=O)O. The number of amides is 1. The molecule has 1 aromatic rings. The Hall–Kier alpha value is -1.58. The number of nitrogens with two attached hydrogens (primary N) is 1. The lowest BCUT2D eigenvalue weighted by molar-refractivity contribution is -0.139. The van der Waals surface area contributed by atoms with Gasteiger partial charge in [-0.1, -0.05) is 0 Å². The molecule has 0 bridgehead atoms. The Balaban J connectivity index is 2.93. The number of aliphatic carboxylic acids is 1. The van der Waals surface area contributed by atoms with Crippen LogP contribution in [0.1, 0.15) is 16.8 Å². The van der Waals surface area contributed by atoms with Gasteiger partial charge in [-0.25, -0.2) is 8.42 Å². The molecule has 0 saturated heterocycles. The van der Waals surface area contributed by atoms with Gasteiger partial charge in [0.15, 0.2) is 0 Å². The molecule has 0 fully saturated rings. The van der Waals surface area contributed by atoms with E-state index in [1.807, 2.05) is 0 Å². The first-order valence-corrected chi connectivity index (χ1v) is 8.79. The van der Waals surface area contributed by atoms with Gasteiger partial charge in [0.1, 0.15) is 6.04 Å². The predicted octanol–water partition coefficient (Wildman–Crippen LogP) is 0.270. The first-order chi connectivity index (χ1) is 9.77. The molecule has 116 valence electrons. The number of hydrogen-bond acceptors (Lipinski definition) is 5. The van der Waals surface area contributed by atoms with E-state index in [2.05, 4.69) is 4.72 Å². The smallest absolute Gasteiger partial charge is 0.321 e. The van der Waals surface area contributed by atoms with E-state index in [-0.39, 0.29) is 16.9 Å². The zero-order chi connectivity index (χ0) is 16.0. The molecule has 0 radical (unpaired) electrons. The Morgan fingerprint density at radius 3 is 2.33 bits per heavy atom. The van der Waals surface area contributed by atoms with Crippen molar-refractivity contribution in [1.82, 2.24) is 4.72 Å². The number of primary amides is 1. The van der Waals surface area contributed by atoms with Crippen molar-refractivity contribution in [3.05, 3.63) is 29.8 Å². The van der Waals surface area contributed by atoms with E-state index in [0.29, 0.717) is 5.75 Å². The fraction of sp³-hybridized carbons (Fsp3) is 0.333. The molecule has 0 aliphatic heterocycles. The third-order valence-electron chi connectivity index (χ3n) is 2.66. The van der Waals surface area contributed by atoms with Crippen molar-refractivity contribution in [2.24, 2.45) is 5.73 Å². The van der Waals surface area contributed by atoms with Crippen molar-refractivity contribution in [1.29, 1.82) is 0 Å². The van der Waals surface area contributed by atoms with E-state index in [9.17, 15) is 18.0 Å². The lowest BCUT2D eigenvalue weighted by atomic mass is 10.2. The van der Waals surface area contributed by atoms with Gasteiger partial charge >= 0.3 is 5.97 Å². The van der Waals surface area contributed by atoms with Crippen LogP contribution in [0.4, 0.5) is 0 Å². The van der Waals surface area contributed by atoms with Crippen LogP contribution in [0.25, 0.3) is 0 Å². The van der Waals surface area contributed by atoms with Crippen molar-refractivity contribution >= 4 is 33.7 Å². The molecule has 0 aliphatic rings. The Morgan fingerprint density at radius 2 is 1.90 bits per heavy atom. The van der Waals surface area contributed by atoms with Gasteiger partial charge in [-0.15, -0.1) is 0 Å². The zero-order valence-electron chi connectivity index (χ0n) is 11.3. The van der Waals surface area contributed by atoms with Gasteiger partial charge < -0.3 is 10.8 Å².